The second kappa shape index (κ2) is 12.6. The highest BCUT2D eigenvalue weighted by Gasteiger charge is 2.23. The molecule has 9 nitrogen and oxygen atoms in total. The number of nitrogens with zero attached hydrogens (tertiary/aromatic N) is 7. The van der Waals surface area contributed by atoms with Crippen LogP contribution in [-0.2, 0) is 6.54 Å². The van der Waals surface area contributed by atoms with Gasteiger partial charge < -0.3 is 15.1 Å². The van der Waals surface area contributed by atoms with Gasteiger partial charge in [-0.3, -0.25) is 14.5 Å². The summed E-state index contributed by atoms with van der Waals surface area (Å²) in [6.07, 6.45) is 6.72. The van der Waals surface area contributed by atoms with E-state index in [4.69, 9.17) is 11.6 Å². The summed E-state index contributed by atoms with van der Waals surface area (Å²) >= 11 is 5.80. The lowest BCUT2D eigenvalue weighted by molar-refractivity contribution is 0.102. The third kappa shape index (κ3) is 6.83. The van der Waals surface area contributed by atoms with Crippen LogP contribution in [0.2, 0.25) is 5.02 Å². The van der Waals surface area contributed by atoms with Gasteiger partial charge in [0.25, 0.3) is 12.3 Å². The van der Waals surface area contributed by atoms with Crippen LogP contribution in [0.1, 0.15) is 40.9 Å². The number of nitrogens with one attached hydrogen (secondary N) is 1. The van der Waals surface area contributed by atoms with Crippen molar-refractivity contribution in [2.75, 3.05) is 43.4 Å². The van der Waals surface area contributed by atoms with Gasteiger partial charge in [0.05, 0.1) is 41.5 Å². The van der Waals surface area contributed by atoms with Crippen LogP contribution in [0, 0.1) is 5.82 Å². The predicted molar refractivity (Wildman–Crippen MR) is 150 cm³/mol. The lowest BCUT2D eigenvalue weighted by atomic mass is 10.0. The van der Waals surface area contributed by atoms with E-state index in [9.17, 15) is 18.0 Å². The molecule has 13 heteroatoms. The Labute approximate surface area is 240 Å². The van der Waals surface area contributed by atoms with Crippen molar-refractivity contribution in [3.8, 4) is 11.3 Å². The topological polar surface area (TPSA) is 92.1 Å². The van der Waals surface area contributed by atoms with E-state index in [0.29, 0.717) is 12.2 Å². The van der Waals surface area contributed by atoms with Gasteiger partial charge in [0, 0.05) is 43.7 Å². The van der Waals surface area contributed by atoms with Crippen molar-refractivity contribution in [1.29, 1.82) is 0 Å². The van der Waals surface area contributed by atoms with E-state index in [-0.39, 0.29) is 16.4 Å². The number of carbonyl (C=O) groups is 1. The number of carbonyl (C=O) groups excluding carboxylic acids is 1. The lowest BCUT2D eigenvalue weighted by Gasteiger charge is -2.22. The molecule has 0 bridgehead atoms. The van der Waals surface area contributed by atoms with E-state index in [0.717, 1.165) is 62.1 Å². The minimum absolute atomic E-state index is 0.191. The maximum absolute atomic E-state index is 14.7. The molecule has 41 heavy (non-hydrogen) atoms. The Morgan fingerprint density at radius 3 is 2.66 bits per heavy atom. The summed E-state index contributed by atoms with van der Waals surface area (Å²) in [7, 11) is 2.03. The SMILES string of the molecule is CN(CCN1CCCC1)c1ccc(Cn2cc(NC(=O)c3cncc(-c4c(C(F)F)ccc(Cl)c4F)n3)cn2)cn1. The average molecular weight is 585 g/mol. The van der Waals surface area contributed by atoms with E-state index in [1.54, 1.807) is 17.1 Å². The zero-order valence-corrected chi connectivity index (χ0v) is 23.0. The normalized spacial score (nSPS) is 13.6. The standard InChI is InChI=1S/C28H28ClF3N8O/c1-38(10-11-39-8-2-3-9-39)24-7-4-18(12-34-24)16-40-17-19(13-35-40)36-28(41)23-15-33-14-22(37-23)25-20(27(31)32)5-6-21(29)26(25)30/h4-7,12-15,17,27H,2-3,8-11,16H2,1H3,(H,36,41). The Kier molecular flexibility index (Phi) is 8.79. The monoisotopic (exact) mass is 584 g/mol. The summed E-state index contributed by atoms with van der Waals surface area (Å²) in [4.78, 5) is 30.0. The van der Waals surface area contributed by atoms with Crippen molar-refractivity contribution < 1.29 is 18.0 Å². The van der Waals surface area contributed by atoms with Gasteiger partial charge >= 0.3 is 0 Å². The Morgan fingerprint density at radius 2 is 1.93 bits per heavy atom. The maximum atomic E-state index is 14.7. The molecule has 5 rings (SSSR count). The molecule has 4 heterocycles. The molecule has 1 N–H and O–H groups in total. The Hall–Kier alpha value is -4.03. The summed E-state index contributed by atoms with van der Waals surface area (Å²) in [6, 6.07) is 6.02. The molecule has 1 aromatic carbocycles. The summed E-state index contributed by atoms with van der Waals surface area (Å²) in [5, 5.41) is 6.59. The molecule has 1 saturated heterocycles. The fraction of sp³-hybridized carbons (Fsp3) is 0.321. The van der Waals surface area contributed by atoms with Crippen LogP contribution >= 0.6 is 11.6 Å². The van der Waals surface area contributed by atoms with Gasteiger partial charge in [-0.25, -0.2) is 23.1 Å². The van der Waals surface area contributed by atoms with Crippen molar-refractivity contribution in [2.45, 2.75) is 25.8 Å². The fourth-order valence-corrected chi connectivity index (χ4v) is 4.81. The molecule has 1 aliphatic rings. The van der Waals surface area contributed by atoms with Gasteiger partial charge in [-0.15, -0.1) is 0 Å². The molecule has 0 aliphatic carbocycles. The van der Waals surface area contributed by atoms with Gasteiger partial charge in [-0.2, -0.15) is 5.10 Å². The molecule has 4 aromatic rings. The van der Waals surface area contributed by atoms with Crippen LogP contribution in [0.5, 0.6) is 0 Å². The largest absolute Gasteiger partial charge is 0.358 e. The number of aromatic nitrogens is 5. The third-order valence-corrected chi connectivity index (χ3v) is 7.16. The smallest absolute Gasteiger partial charge is 0.275 e. The van der Waals surface area contributed by atoms with E-state index in [2.05, 4.69) is 35.2 Å². The van der Waals surface area contributed by atoms with Gasteiger partial charge in [0.1, 0.15) is 11.5 Å². The first kappa shape index (κ1) is 28.5. The number of anilines is 2. The molecule has 1 aliphatic heterocycles. The number of amides is 1. The molecular formula is C28H28ClF3N8O. The number of halogens is 4. The molecular weight excluding hydrogens is 557 g/mol. The summed E-state index contributed by atoms with van der Waals surface area (Å²) < 4.78 is 43.3. The van der Waals surface area contributed by atoms with Crippen LogP contribution in [0.3, 0.4) is 0 Å². The van der Waals surface area contributed by atoms with E-state index in [1.165, 1.54) is 19.0 Å². The minimum atomic E-state index is -2.98. The van der Waals surface area contributed by atoms with Crippen molar-refractivity contribution in [1.82, 2.24) is 29.6 Å². The molecule has 0 spiro atoms. The Morgan fingerprint density at radius 1 is 1.12 bits per heavy atom. The second-order valence-electron chi connectivity index (χ2n) is 9.79. The highest BCUT2D eigenvalue weighted by molar-refractivity contribution is 6.31. The van der Waals surface area contributed by atoms with Gasteiger partial charge in [-0.05, 0) is 43.6 Å². The first-order valence-corrected chi connectivity index (χ1v) is 13.5. The molecule has 0 atom stereocenters. The molecule has 1 amide bonds. The molecule has 0 radical (unpaired) electrons. The van der Waals surface area contributed by atoms with Gasteiger partial charge in [0.2, 0.25) is 0 Å². The molecule has 0 saturated carbocycles. The predicted octanol–water partition coefficient (Wildman–Crippen LogP) is 5.30. The molecule has 1 fully saturated rings. The van der Waals surface area contributed by atoms with Crippen LogP contribution in [-0.4, -0.2) is 68.8 Å². The highest BCUT2D eigenvalue weighted by Crippen LogP contribution is 2.35. The highest BCUT2D eigenvalue weighted by atomic mass is 35.5. The van der Waals surface area contributed by atoms with Crippen molar-refractivity contribution in [3.63, 3.8) is 0 Å². The maximum Gasteiger partial charge on any atom is 0.275 e. The van der Waals surface area contributed by atoms with Crippen LogP contribution in [0.4, 0.5) is 24.7 Å². The van der Waals surface area contributed by atoms with E-state index < -0.39 is 29.3 Å². The van der Waals surface area contributed by atoms with Crippen molar-refractivity contribution in [3.05, 3.63) is 82.9 Å². The van der Waals surface area contributed by atoms with Gasteiger partial charge in [0.15, 0.2) is 5.82 Å². The first-order valence-electron chi connectivity index (χ1n) is 13.1. The Balaban J connectivity index is 1.21. The lowest BCUT2D eigenvalue weighted by Crippen LogP contribution is -2.31. The molecule has 0 unspecified atom stereocenters. The average Bonchev–Trinajstić information content (AvgIpc) is 3.65. The number of rotatable bonds is 10. The molecule has 214 valence electrons. The third-order valence-electron chi connectivity index (χ3n) is 6.87. The number of benzene rings is 1. The summed E-state index contributed by atoms with van der Waals surface area (Å²) in [5.41, 5.74) is -0.212. The zero-order chi connectivity index (χ0) is 28.9. The number of likely N-dealkylation sites (tertiary alicyclic amines) is 1. The number of likely N-dealkylation sites (N-methyl/N-ethyl adjacent to an activating group) is 1. The Bertz CT molecular complexity index is 1510. The van der Waals surface area contributed by atoms with Crippen LogP contribution < -0.4 is 10.2 Å². The second-order valence-corrected chi connectivity index (χ2v) is 10.2. The number of alkyl halides is 2. The van der Waals surface area contributed by atoms with E-state index >= 15 is 0 Å². The van der Waals surface area contributed by atoms with Crippen molar-refractivity contribution in [2.24, 2.45) is 0 Å². The number of hydrogen-bond donors (Lipinski definition) is 1. The number of pyridine rings is 1. The fourth-order valence-electron chi connectivity index (χ4n) is 4.65. The number of hydrogen-bond acceptors (Lipinski definition) is 7. The van der Waals surface area contributed by atoms with E-state index in [1.807, 2.05) is 19.2 Å². The quantitative estimate of drug-likeness (QED) is 0.270. The van der Waals surface area contributed by atoms with Crippen LogP contribution in [0.25, 0.3) is 11.3 Å². The molecule has 3 aromatic heterocycles. The first-order chi connectivity index (χ1) is 19.8. The van der Waals surface area contributed by atoms with Crippen molar-refractivity contribution >= 4 is 29.0 Å². The summed E-state index contributed by atoms with van der Waals surface area (Å²) in [6.45, 7) is 4.68. The summed E-state index contributed by atoms with van der Waals surface area (Å²) in [5.74, 6) is -0.834. The van der Waals surface area contributed by atoms with Gasteiger partial charge in [-0.1, -0.05) is 23.7 Å². The zero-order valence-electron chi connectivity index (χ0n) is 22.3. The minimum Gasteiger partial charge on any atom is -0.358 e. The van der Waals surface area contributed by atoms with Crippen LogP contribution in [0.15, 0.2) is 55.2 Å².